The first-order chi connectivity index (χ1) is 26.2. The summed E-state index contributed by atoms with van der Waals surface area (Å²) in [6.45, 7) is 4.51. The number of unbranched alkanes of at least 4 members (excludes halogenated alkanes) is 31. The molecule has 0 heterocycles. The van der Waals surface area contributed by atoms with Gasteiger partial charge in [0.15, 0.2) is 29.2 Å². The van der Waals surface area contributed by atoms with Gasteiger partial charge in [0.1, 0.15) is 0 Å². The molecule has 0 aromatic heterocycles. The van der Waals surface area contributed by atoms with Crippen LogP contribution in [0.1, 0.15) is 245 Å². The van der Waals surface area contributed by atoms with Crippen LogP contribution in [0.2, 0.25) is 0 Å². The Labute approximate surface area is 331 Å². The van der Waals surface area contributed by atoms with E-state index in [1.54, 1.807) is 0 Å². The Balaban J connectivity index is 2.34. The number of rotatable bonds is 39. The van der Waals surface area contributed by atoms with Crippen LogP contribution in [0.25, 0.3) is 0 Å². The first kappa shape index (κ1) is 50.3. The Morgan fingerprint density at radius 1 is 0.556 bits per heavy atom. The fourth-order valence-corrected chi connectivity index (χ4v) is 8.03. The number of aliphatic hydroxyl groups is 3. The molecular weight excluding hydrogens is 677 g/mol. The Morgan fingerprint density at radius 3 is 1.19 bits per heavy atom. The van der Waals surface area contributed by atoms with Gasteiger partial charge in [0.2, 0.25) is 11.2 Å². The van der Waals surface area contributed by atoms with Gasteiger partial charge in [0.25, 0.3) is 0 Å². The van der Waals surface area contributed by atoms with Crippen molar-refractivity contribution in [1.29, 1.82) is 0 Å². The molecule has 1 aliphatic carbocycles. The van der Waals surface area contributed by atoms with E-state index in [1.165, 1.54) is 160 Å². The second kappa shape index (κ2) is 32.4. The van der Waals surface area contributed by atoms with Crippen molar-refractivity contribution in [1.82, 2.24) is 0 Å². The summed E-state index contributed by atoms with van der Waals surface area (Å²) < 4.78 is 0. The maximum atomic E-state index is 13.4. The zero-order chi connectivity index (χ0) is 39.8. The molecule has 7 nitrogen and oxygen atoms in total. The lowest BCUT2D eigenvalue weighted by atomic mass is 9.71. The summed E-state index contributed by atoms with van der Waals surface area (Å²) in [6, 6.07) is 0. The van der Waals surface area contributed by atoms with Gasteiger partial charge in [-0.05, 0) is 25.3 Å². The van der Waals surface area contributed by atoms with Gasteiger partial charge in [-0.1, -0.05) is 213 Å². The third kappa shape index (κ3) is 19.9. The highest BCUT2D eigenvalue weighted by atomic mass is 16.4. The number of carbonyl (C=O) groups is 4. The summed E-state index contributed by atoms with van der Waals surface area (Å²) >= 11 is 0. The molecule has 2 unspecified atom stereocenters. The maximum absolute atomic E-state index is 13.4. The predicted octanol–water partition coefficient (Wildman–Crippen LogP) is 11.7. The van der Waals surface area contributed by atoms with Crippen LogP contribution < -0.4 is 0 Å². The molecule has 0 radical (unpaired) electrons. The smallest absolute Gasteiger partial charge is 0.220 e. The van der Waals surface area contributed by atoms with E-state index in [-0.39, 0.29) is 19.3 Å². The molecule has 0 aromatic rings. The molecule has 0 bridgehead atoms. The topological polar surface area (TPSA) is 129 Å². The van der Waals surface area contributed by atoms with Crippen LogP contribution in [-0.2, 0) is 19.2 Å². The highest BCUT2D eigenvalue weighted by molar-refractivity contribution is 6.23. The number of hydrogen-bond donors (Lipinski definition) is 3. The molecular formula is C47H84O7. The number of hydrogen-bond acceptors (Lipinski definition) is 7. The Kier molecular flexibility index (Phi) is 30.2. The summed E-state index contributed by atoms with van der Waals surface area (Å²) in [4.78, 5) is 51.9. The van der Waals surface area contributed by atoms with Crippen molar-refractivity contribution in [3.05, 3.63) is 12.2 Å². The largest absolute Gasteiger partial charge is 0.382 e. The van der Waals surface area contributed by atoms with E-state index >= 15 is 0 Å². The predicted molar refractivity (Wildman–Crippen MR) is 223 cm³/mol. The Hall–Kier alpha value is -1.70. The quantitative estimate of drug-likeness (QED) is 0.0323. The second-order valence-electron chi connectivity index (χ2n) is 16.6. The molecule has 0 aromatic carbocycles. The van der Waals surface area contributed by atoms with Gasteiger partial charge in [-0.3, -0.25) is 19.2 Å². The van der Waals surface area contributed by atoms with Crippen LogP contribution >= 0.6 is 0 Å². The van der Waals surface area contributed by atoms with Crippen LogP contribution in [0.15, 0.2) is 12.2 Å². The minimum absolute atomic E-state index is 0.114. The number of carbonyl (C=O) groups excluding carboxylic acids is 4. The molecule has 0 saturated heterocycles. The number of aliphatic hydroxyl groups excluding tert-OH is 1. The molecule has 0 amide bonds. The fourth-order valence-electron chi connectivity index (χ4n) is 8.03. The molecule has 1 aliphatic rings. The van der Waals surface area contributed by atoms with Crippen molar-refractivity contribution >= 4 is 23.1 Å². The zero-order valence-corrected chi connectivity index (χ0v) is 35.2. The number of allylic oxidation sites excluding steroid dienone is 1. The molecule has 7 heteroatoms. The first-order valence-electron chi connectivity index (χ1n) is 23.1. The monoisotopic (exact) mass is 761 g/mol. The highest BCUT2D eigenvalue weighted by Gasteiger charge is 2.69. The van der Waals surface area contributed by atoms with Gasteiger partial charge in [-0.2, -0.15) is 0 Å². The number of Topliss-reactive ketones (excluding diaryl/α,β-unsaturated/α-hetero) is 3. The molecule has 314 valence electrons. The highest BCUT2D eigenvalue weighted by Crippen LogP contribution is 2.37. The standard InChI is InChI=1S/C47H84O7/c1-3-5-7-9-11-13-15-17-19-21-23-25-27-29-31-33-35-37-41(48)45(52)47(54,46(53)43(50)39-40-44(46)51)42(49)38-36-34-32-30-28-26-24-22-20-18-16-14-12-10-8-6-4-2/h36,38,45,52-54H,3-35,37,39-40H2,1-2H3. The summed E-state index contributed by atoms with van der Waals surface area (Å²) in [5.41, 5.74) is -6.37. The lowest BCUT2D eigenvalue weighted by Gasteiger charge is -2.39. The normalized spacial score (nSPS) is 16.0. The molecule has 1 saturated carbocycles. The summed E-state index contributed by atoms with van der Waals surface area (Å²) in [7, 11) is 0. The van der Waals surface area contributed by atoms with Crippen LogP contribution in [0.3, 0.4) is 0 Å². The van der Waals surface area contributed by atoms with Crippen molar-refractivity contribution in [2.75, 3.05) is 0 Å². The van der Waals surface area contributed by atoms with Crippen molar-refractivity contribution in [2.24, 2.45) is 0 Å². The fraction of sp³-hybridized carbons (Fsp3) is 0.872. The molecule has 2 atom stereocenters. The third-order valence-electron chi connectivity index (χ3n) is 11.8. The third-order valence-corrected chi connectivity index (χ3v) is 11.8. The summed E-state index contributed by atoms with van der Waals surface area (Å²) in [5, 5.41) is 33.7. The molecule has 54 heavy (non-hydrogen) atoms. The minimum Gasteiger partial charge on any atom is -0.382 e. The average molecular weight is 761 g/mol. The Morgan fingerprint density at radius 2 is 0.852 bits per heavy atom. The average Bonchev–Trinajstić information content (AvgIpc) is 3.44. The van der Waals surface area contributed by atoms with Crippen molar-refractivity contribution in [3.63, 3.8) is 0 Å². The van der Waals surface area contributed by atoms with Crippen LogP contribution in [-0.4, -0.2) is 55.8 Å². The zero-order valence-electron chi connectivity index (χ0n) is 35.2. The van der Waals surface area contributed by atoms with Crippen LogP contribution in [0, 0.1) is 0 Å². The van der Waals surface area contributed by atoms with Crippen LogP contribution in [0.5, 0.6) is 0 Å². The van der Waals surface area contributed by atoms with E-state index in [0.717, 1.165) is 51.0 Å². The van der Waals surface area contributed by atoms with E-state index < -0.39 is 40.4 Å². The van der Waals surface area contributed by atoms with E-state index in [1.807, 2.05) is 0 Å². The van der Waals surface area contributed by atoms with Gasteiger partial charge in [-0.15, -0.1) is 0 Å². The second-order valence-corrected chi connectivity index (χ2v) is 16.6. The van der Waals surface area contributed by atoms with Gasteiger partial charge in [-0.25, -0.2) is 0 Å². The van der Waals surface area contributed by atoms with Crippen LogP contribution in [0.4, 0.5) is 0 Å². The molecule has 1 fully saturated rings. The van der Waals surface area contributed by atoms with E-state index in [2.05, 4.69) is 13.8 Å². The SMILES string of the molecule is CCCCCCCCCCCCCCCCCC=CC(=O)C(O)(C(O)C(=O)CCCCCCCCCCCCCCCCCCC)C1(O)C(=O)CCC1=O. The van der Waals surface area contributed by atoms with Crippen molar-refractivity contribution < 1.29 is 34.5 Å². The van der Waals surface area contributed by atoms with E-state index in [9.17, 15) is 34.5 Å². The van der Waals surface area contributed by atoms with Gasteiger partial charge in [0.05, 0.1) is 0 Å². The van der Waals surface area contributed by atoms with Crippen molar-refractivity contribution in [2.45, 2.75) is 262 Å². The van der Waals surface area contributed by atoms with Crippen molar-refractivity contribution in [3.8, 4) is 0 Å². The lowest BCUT2D eigenvalue weighted by Crippen LogP contribution is -2.71. The van der Waals surface area contributed by atoms with Gasteiger partial charge >= 0.3 is 0 Å². The Bertz CT molecular complexity index is 1000. The molecule has 1 rings (SSSR count). The van der Waals surface area contributed by atoms with E-state index in [0.29, 0.717) is 12.8 Å². The summed E-state index contributed by atoms with van der Waals surface area (Å²) in [6.07, 6.45) is 38.8. The van der Waals surface area contributed by atoms with Gasteiger partial charge in [0, 0.05) is 19.3 Å². The maximum Gasteiger partial charge on any atom is 0.220 e. The first-order valence-corrected chi connectivity index (χ1v) is 23.1. The van der Waals surface area contributed by atoms with E-state index in [4.69, 9.17) is 0 Å². The van der Waals surface area contributed by atoms with Gasteiger partial charge < -0.3 is 15.3 Å². The summed E-state index contributed by atoms with van der Waals surface area (Å²) in [5.74, 6) is -4.10. The molecule has 3 N–H and O–H groups in total. The minimum atomic E-state index is -3.24. The number of ketones is 4. The molecule has 0 spiro atoms. The molecule has 0 aliphatic heterocycles. The lowest BCUT2D eigenvalue weighted by molar-refractivity contribution is -0.200.